The fourth-order valence-electron chi connectivity index (χ4n) is 3.03. The van der Waals surface area contributed by atoms with Crippen LogP contribution in [0.2, 0.25) is 0 Å². The van der Waals surface area contributed by atoms with Crippen LogP contribution in [-0.2, 0) is 17.5 Å². The van der Waals surface area contributed by atoms with Gasteiger partial charge in [-0.15, -0.1) is 0 Å². The van der Waals surface area contributed by atoms with Crippen LogP contribution in [-0.4, -0.2) is 24.6 Å². The number of ether oxygens (including phenoxy) is 2. The Morgan fingerprint density at radius 1 is 0.857 bits per heavy atom. The number of hydrogen-bond acceptors (Lipinski definition) is 5. The summed E-state index contributed by atoms with van der Waals surface area (Å²) in [5.74, 6) is -1.02. The highest BCUT2D eigenvalue weighted by atomic mass is 19.4. The van der Waals surface area contributed by atoms with Crippen molar-refractivity contribution in [2.45, 2.75) is 19.6 Å². The molecule has 2 amide bonds. The molecular weight excluding hydrogens is 465 g/mol. The summed E-state index contributed by atoms with van der Waals surface area (Å²) in [5.41, 5.74) is -0.0415. The Morgan fingerprint density at radius 3 is 2.14 bits per heavy atom. The molecule has 0 unspecified atom stereocenters. The molecule has 0 atom stereocenters. The van der Waals surface area contributed by atoms with Gasteiger partial charge in [-0.2, -0.15) is 13.2 Å². The van der Waals surface area contributed by atoms with Gasteiger partial charge in [0.1, 0.15) is 5.75 Å². The van der Waals surface area contributed by atoms with E-state index in [4.69, 9.17) is 4.74 Å². The van der Waals surface area contributed by atoms with E-state index in [2.05, 4.69) is 15.4 Å². The van der Waals surface area contributed by atoms with E-state index >= 15 is 0 Å². The number of anilines is 1. The van der Waals surface area contributed by atoms with Crippen molar-refractivity contribution in [3.05, 3.63) is 95.1 Å². The summed E-state index contributed by atoms with van der Waals surface area (Å²) in [6.45, 7) is 1.83. The number of benzene rings is 3. The lowest BCUT2D eigenvalue weighted by atomic mass is 10.1. The third-order valence-corrected chi connectivity index (χ3v) is 4.72. The van der Waals surface area contributed by atoms with Gasteiger partial charge < -0.3 is 20.1 Å². The van der Waals surface area contributed by atoms with Crippen LogP contribution < -0.4 is 15.4 Å². The molecular formula is C25H21F3N2O5. The molecule has 182 valence electrons. The van der Waals surface area contributed by atoms with E-state index in [9.17, 15) is 27.6 Å². The van der Waals surface area contributed by atoms with Crippen molar-refractivity contribution in [1.29, 1.82) is 0 Å². The monoisotopic (exact) mass is 486 g/mol. The summed E-state index contributed by atoms with van der Waals surface area (Å²) >= 11 is 0. The topological polar surface area (TPSA) is 93.7 Å². The highest BCUT2D eigenvalue weighted by molar-refractivity contribution is 6.04. The number of rotatable bonds is 7. The maximum absolute atomic E-state index is 13.1. The van der Waals surface area contributed by atoms with Gasteiger partial charge in [0, 0.05) is 17.8 Å². The molecule has 3 rings (SSSR count). The molecule has 0 aliphatic rings. The zero-order valence-corrected chi connectivity index (χ0v) is 18.5. The van der Waals surface area contributed by atoms with Gasteiger partial charge >= 0.3 is 12.3 Å². The van der Waals surface area contributed by atoms with Gasteiger partial charge in [-0.3, -0.25) is 9.59 Å². The van der Waals surface area contributed by atoms with Crippen LogP contribution in [0, 0.1) is 0 Å². The van der Waals surface area contributed by atoms with Crippen molar-refractivity contribution in [2.24, 2.45) is 0 Å². The van der Waals surface area contributed by atoms with E-state index < -0.39 is 35.3 Å². The van der Waals surface area contributed by atoms with E-state index in [-0.39, 0.29) is 18.9 Å². The average molecular weight is 486 g/mol. The Kier molecular flexibility index (Phi) is 8.08. The predicted octanol–water partition coefficient (Wildman–Crippen LogP) is 5.42. The largest absolute Gasteiger partial charge is 0.513 e. The summed E-state index contributed by atoms with van der Waals surface area (Å²) in [6, 6.07) is 16.9. The van der Waals surface area contributed by atoms with Crippen LogP contribution in [0.1, 0.15) is 38.8 Å². The molecule has 3 aromatic carbocycles. The van der Waals surface area contributed by atoms with Crippen LogP contribution in [0.25, 0.3) is 0 Å². The van der Waals surface area contributed by atoms with E-state index in [1.807, 2.05) is 0 Å². The number of hydrogen-bond donors (Lipinski definition) is 2. The Hall–Kier alpha value is -4.34. The van der Waals surface area contributed by atoms with Crippen molar-refractivity contribution < 1.29 is 37.0 Å². The summed E-state index contributed by atoms with van der Waals surface area (Å²) in [4.78, 5) is 36.0. The second kappa shape index (κ2) is 11.2. The summed E-state index contributed by atoms with van der Waals surface area (Å²) in [7, 11) is 0. The standard InChI is InChI=1S/C25H21F3N2O5/c1-2-34-24(33)35-19-13-9-17(10-14-19)22(31)30-18-11-7-16(8-12-18)15-29-23(32)20-5-3-4-6-21(20)25(26,27)28/h3-14H,2,15H2,1H3,(H,29,32)(H,30,31). The van der Waals surface area contributed by atoms with E-state index in [0.717, 1.165) is 12.1 Å². The number of amides is 2. The van der Waals surface area contributed by atoms with Crippen molar-refractivity contribution in [1.82, 2.24) is 5.32 Å². The van der Waals surface area contributed by atoms with Crippen molar-refractivity contribution in [2.75, 3.05) is 11.9 Å². The molecule has 0 saturated carbocycles. The fraction of sp³-hybridized carbons (Fsp3) is 0.160. The fourth-order valence-corrected chi connectivity index (χ4v) is 3.03. The Labute approximate surface area is 198 Å². The van der Waals surface area contributed by atoms with Gasteiger partial charge in [0.15, 0.2) is 0 Å². The maximum Gasteiger partial charge on any atom is 0.513 e. The zero-order valence-electron chi connectivity index (χ0n) is 18.5. The molecule has 0 aromatic heterocycles. The first-order valence-electron chi connectivity index (χ1n) is 10.5. The lowest BCUT2D eigenvalue weighted by Gasteiger charge is -2.13. The molecule has 0 aliphatic carbocycles. The van der Waals surface area contributed by atoms with Gasteiger partial charge in [-0.1, -0.05) is 24.3 Å². The number of halogens is 3. The van der Waals surface area contributed by atoms with Crippen molar-refractivity contribution in [3.63, 3.8) is 0 Å². The molecule has 3 aromatic rings. The SMILES string of the molecule is CCOC(=O)Oc1ccc(C(=O)Nc2ccc(CNC(=O)c3ccccc3C(F)(F)F)cc2)cc1. The molecule has 0 bridgehead atoms. The second-order valence-electron chi connectivity index (χ2n) is 7.19. The Bertz CT molecular complexity index is 1190. The normalized spacial score (nSPS) is 10.9. The summed E-state index contributed by atoms with van der Waals surface area (Å²) in [6.07, 6.45) is -5.48. The first-order chi connectivity index (χ1) is 16.7. The first-order valence-corrected chi connectivity index (χ1v) is 10.5. The molecule has 0 saturated heterocycles. The lowest BCUT2D eigenvalue weighted by Crippen LogP contribution is -2.25. The zero-order chi connectivity index (χ0) is 25.4. The average Bonchev–Trinajstić information content (AvgIpc) is 2.83. The molecule has 7 nitrogen and oxygen atoms in total. The molecule has 10 heteroatoms. The molecule has 35 heavy (non-hydrogen) atoms. The molecule has 2 N–H and O–H groups in total. The Balaban J connectivity index is 1.55. The molecule has 0 heterocycles. The number of nitrogens with one attached hydrogen (secondary N) is 2. The minimum atomic E-state index is -4.64. The van der Waals surface area contributed by atoms with E-state index in [1.54, 1.807) is 31.2 Å². The Morgan fingerprint density at radius 2 is 1.51 bits per heavy atom. The van der Waals surface area contributed by atoms with Crippen LogP contribution >= 0.6 is 0 Å². The second-order valence-corrected chi connectivity index (χ2v) is 7.19. The van der Waals surface area contributed by atoms with Gasteiger partial charge in [0.2, 0.25) is 0 Å². The van der Waals surface area contributed by atoms with Gasteiger partial charge in [-0.05, 0) is 61.0 Å². The predicted molar refractivity (Wildman–Crippen MR) is 121 cm³/mol. The minimum absolute atomic E-state index is 0.00117. The summed E-state index contributed by atoms with van der Waals surface area (Å²) in [5, 5.41) is 5.17. The highest BCUT2D eigenvalue weighted by Gasteiger charge is 2.34. The van der Waals surface area contributed by atoms with Crippen molar-refractivity contribution in [3.8, 4) is 5.75 Å². The van der Waals surface area contributed by atoms with Crippen molar-refractivity contribution >= 4 is 23.7 Å². The number of carbonyl (C=O) groups is 3. The van der Waals surface area contributed by atoms with Gasteiger partial charge in [0.25, 0.3) is 11.8 Å². The quantitative estimate of drug-likeness (QED) is 0.344. The first kappa shape index (κ1) is 25.3. The van der Waals surface area contributed by atoms with Gasteiger partial charge in [0.05, 0.1) is 17.7 Å². The smallest absolute Gasteiger partial charge is 0.434 e. The number of alkyl halides is 3. The van der Waals surface area contributed by atoms with Crippen LogP contribution in [0.5, 0.6) is 5.75 Å². The molecule has 0 spiro atoms. The maximum atomic E-state index is 13.1. The third kappa shape index (κ3) is 7.07. The lowest BCUT2D eigenvalue weighted by molar-refractivity contribution is -0.137. The van der Waals surface area contributed by atoms with Crippen LogP contribution in [0.4, 0.5) is 23.7 Å². The number of carbonyl (C=O) groups excluding carboxylic acids is 3. The minimum Gasteiger partial charge on any atom is -0.434 e. The summed E-state index contributed by atoms with van der Waals surface area (Å²) < 4.78 is 48.9. The molecule has 0 fully saturated rings. The van der Waals surface area contributed by atoms with Gasteiger partial charge in [-0.25, -0.2) is 4.79 Å². The van der Waals surface area contributed by atoms with Crippen LogP contribution in [0.15, 0.2) is 72.8 Å². The van der Waals surface area contributed by atoms with Crippen LogP contribution in [0.3, 0.4) is 0 Å². The van der Waals surface area contributed by atoms with E-state index in [1.165, 1.54) is 36.4 Å². The van der Waals surface area contributed by atoms with E-state index in [0.29, 0.717) is 16.8 Å². The highest BCUT2D eigenvalue weighted by Crippen LogP contribution is 2.31. The molecule has 0 radical (unpaired) electrons. The molecule has 0 aliphatic heterocycles. The third-order valence-electron chi connectivity index (χ3n) is 4.72.